The Labute approximate surface area is 76.3 Å². The first kappa shape index (κ1) is 11.4. The topological polar surface area (TPSA) is 109 Å². The van der Waals surface area contributed by atoms with Gasteiger partial charge in [0, 0.05) is 0 Å². The van der Waals surface area contributed by atoms with Crippen molar-refractivity contribution in [2.45, 2.75) is 0 Å². The molecular weight excluding hydrogens is 192 g/mol. The van der Waals surface area contributed by atoms with Crippen molar-refractivity contribution in [1.82, 2.24) is 4.31 Å². The van der Waals surface area contributed by atoms with Crippen molar-refractivity contribution in [3.8, 4) is 18.2 Å². The number of nitrogens with zero attached hydrogens (tertiary/aromatic N) is 4. The Kier molecular flexibility index (Phi) is 4.47. The second kappa shape index (κ2) is 5.10. The van der Waals surface area contributed by atoms with E-state index in [2.05, 4.69) is 0 Å². The minimum absolute atomic E-state index is 0.405. The van der Waals surface area contributed by atoms with Gasteiger partial charge < -0.3 is 0 Å². The third kappa shape index (κ3) is 3.53. The monoisotopic (exact) mass is 198 g/mol. The lowest BCUT2D eigenvalue weighted by Gasteiger charge is -2.12. The van der Waals surface area contributed by atoms with Crippen LogP contribution >= 0.6 is 0 Å². The maximum absolute atomic E-state index is 11.1. The third-order valence-corrected chi connectivity index (χ3v) is 2.67. The molecule has 68 valence electrons. The van der Waals surface area contributed by atoms with Crippen molar-refractivity contribution in [3.05, 3.63) is 0 Å². The molecule has 7 heteroatoms. The van der Waals surface area contributed by atoms with Crippen LogP contribution < -0.4 is 0 Å². The van der Waals surface area contributed by atoms with Crippen LogP contribution in [0.1, 0.15) is 0 Å². The van der Waals surface area contributed by atoms with Gasteiger partial charge in [-0.2, -0.15) is 20.1 Å². The zero-order valence-electron chi connectivity index (χ0n) is 6.63. The smallest absolute Gasteiger partial charge is 0.211 e. The minimum atomic E-state index is -3.77. The molecule has 0 atom stereocenters. The van der Waals surface area contributed by atoms with Gasteiger partial charge in [-0.25, -0.2) is 8.42 Å². The predicted molar refractivity (Wildman–Crippen MR) is 42.2 cm³/mol. The molecule has 0 aliphatic heterocycles. The first-order valence-corrected chi connectivity index (χ1v) is 4.78. The van der Waals surface area contributed by atoms with E-state index >= 15 is 0 Å². The fourth-order valence-corrected chi connectivity index (χ4v) is 1.44. The zero-order valence-corrected chi connectivity index (χ0v) is 7.45. The van der Waals surface area contributed by atoms with Crippen LogP contribution in [-0.4, -0.2) is 31.6 Å². The van der Waals surface area contributed by atoms with Gasteiger partial charge >= 0.3 is 0 Å². The van der Waals surface area contributed by atoms with Gasteiger partial charge in [0.2, 0.25) is 10.0 Å². The van der Waals surface area contributed by atoms with Crippen molar-refractivity contribution < 1.29 is 8.42 Å². The van der Waals surface area contributed by atoms with Crippen molar-refractivity contribution >= 4 is 10.0 Å². The average molecular weight is 198 g/mol. The van der Waals surface area contributed by atoms with Crippen molar-refractivity contribution in [1.29, 1.82) is 15.8 Å². The Hall–Kier alpha value is -1.62. The van der Waals surface area contributed by atoms with Crippen LogP contribution in [-0.2, 0) is 10.0 Å². The van der Waals surface area contributed by atoms with E-state index < -0.39 is 28.9 Å². The fraction of sp³-hybridized carbons (Fsp3) is 0.500. The number of hydrogen-bond acceptors (Lipinski definition) is 5. The van der Waals surface area contributed by atoms with E-state index in [9.17, 15) is 8.42 Å². The Morgan fingerprint density at radius 2 is 1.46 bits per heavy atom. The fourth-order valence-electron chi connectivity index (χ4n) is 0.583. The number of rotatable bonds is 4. The van der Waals surface area contributed by atoms with E-state index in [1.54, 1.807) is 12.1 Å². The van der Waals surface area contributed by atoms with Gasteiger partial charge in [0.25, 0.3) is 0 Å². The SMILES string of the molecule is N#CCN(CC#N)S(=O)(=O)CC#N. The van der Waals surface area contributed by atoms with Gasteiger partial charge in [-0.05, 0) is 0 Å². The van der Waals surface area contributed by atoms with Crippen LogP contribution in [0.2, 0.25) is 0 Å². The van der Waals surface area contributed by atoms with Gasteiger partial charge in [-0.1, -0.05) is 0 Å². The second-order valence-electron chi connectivity index (χ2n) is 2.00. The molecule has 0 aromatic heterocycles. The molecular formula is C6H6N4O2S. The molecule has 0 saturated heterocycles. The van der Waals surface area contributed by atoms with Crippen LogP contribution in [0.3, 0.4) is 0 Å². The van der Waals surface area contributed by atoms with Gasteiger partial charge in [-0.15, -0.1) is 0 Å². The normalized spacial score (nSPS) is 10.0. The molecule has 0 fully saturated rings. The average Bonchev–Trinajstić information content (AvgIpc) is 2.04. The van der Waals surface area contributed by atoms with Gasteiger partial charge in [-0.3, -0.25) is 0 Å². The standard InChI is InChI=1S/C6H6N4O2S/c7-1-4-10(5-2-8)13(11,12)6-3-9/h4-6H2. The summed E-state index contributed by atoms with van der Waals surface area (Å²) in [7, 11) is -3.77. The quantitative estimate of drug-likeness (QED) is 0.548. The van der Waals surface area contributed by atoms with E-state index in [1.807, 2.05) is 0 Å². The van der Waals surface area contributed by atoms with Crippen LogP contribution in [0.25, 0.3) is 0 Å². The highest BCUT2D eigenvalue weighted by Gasteiger charge is 2.20. The molecule has 6 nitrogen and oxygen atoms in total. The van der Waals surface area contributed by atoms with E-state index in [0.29, 0.717) is 4.31 Å². The lowest BCUT2D eigenvalue weighted by molar-refractivity contribution is 0.482. The van der Waals surface area contributed by atoms with Crippen molar-refractivity contribution in [2.75, 3.05) is 18.8 Å². The molecule has 0 spiro atoms. The highest BCUT2D eigenvalue weighted by Crippen LogP contribution is 1.98. The molecule has 0 aromatic carbocycles. The van der Waals surface area contributed by atoms with E-state index in [-0.39, 0.29) is 0 Å². The molecule has 0 aliphatic carbocycles. The molecule has 0 aliphatic rings. The summed E-state index contributed by atoms with van der Waals surface area (Å²) < 4.78 is 22.9. The maximum atomic E-state index is 11.1. The number of sulfonamides is 1. The van der Waals surface area contributed by atoms with Crippen LogP contribution in [0.5, 0.6) is 0 Å². The summed E-state index contributed by atoms with van der Waals surface area (Å²) in [6, 6.07) is 4.66. The van der Waals surface area contributed by atoms with E-state index in [1.165, 1.54) is 6.07 Å². The first-order chi connectivity index (χ1) is 6.08. The third-order valence-electron chi connectivity index (χ3n) is 1.13. The molecule has 13 heavy (non-hydrogen) atoms. The lowest BCUT2D eigenvalue weighted by atomic mass is 10.6. The molecule has 0 aromatic rings. The van der Waals surface area contributed by atoms with E-state index in [4.69, 9.17) is 15.8 Å². The van der Waals surface area contributed by atoms with E-state index in [0.717, 1.165) is 0 Å². The summed E-state index contributed by atoms with van der Waals surface area (Å²) in [5.74, 6) is -0.712. The molecule has 0 N–H and O–H groups in total. The van der Waals surface area contributed by atoms with Gasteiger partial charge in [0.05, 0.1) is 18.2 Å². The summed E-state index contributed by atoms with van der Waals surface area (Å²) in [5, 5.41) is 24.7. The Morgan fingerprint density at radius 1 is 1.00 bits per heavy atom. The second-order valence-corrected chi connectivity index (χ2v) is 3.97. The summed E-state index contributed by atoms with van der Waals surface area (Å²) >= 11 is 0. The van der Waals surface area contributed by atoms with Crippen LogP contribution in [0.4, 0.5) is 0 Å². The largest absolute Gasteiger partial charge is 0.229 e. The number of nitriles is 3. The molecule has 0 radical (unpaired) electrons. The highest BCUT2D eigenvalue weighted by atomic mass is 32.2. The molecule has 0 rings (SSSR count). The highest BCUT2D eigenvalue weighted by molar-refractivity contribution is 7.89. The molecule has 0 amide bonds. The Balaban J connectivity index is 4.68. The van der Waals surface area contributed by atoms with Crippen LogP contribution in [0, 0.1) is 34.0 Å². The molecule has 0 unspecified atom stereocenters. The number of hydrogen-bond donors (Lipinski definition) is 0. The molecule has 0 saturated carbocycles. The van der Waals surface area contributed by atoms with Crippen molar-refractivity contribution in [3.63, 3.8) is 0 Å². The molecule has 0 heterocycles. The first-order valence-electron chi connectivity index (χ1n) is 3.17. The van der Waals surface area contributed by atoms with Gasteiger partial charge in [0.1, 0.15) is 13.1 Å². The summed E-state index contributed by atoms with van der Waals surface area (Å²) in [6.45, 7) is -0.810. The Morgan fingerprint density at radius 3 is 1.77 bits per heavy atom. The van der Waals surface area contributed by atoms with Crippen LogP contribution in [0.15, 0.2) is 0 Å². The zero-order chi connectivity index (χ0) is 10.3. The predicted octanol–water partition coefficient (Wildman–Crippen LogP) is -0.811. The Bertz CT molecular complexity index is 364. The lowest BCUT2D eigenvalue weighted by Crippen LogP contribution is -2.33. The minimum Gasteiger partial charge on any atom is -0.211 e. The molecule has 0 bridgehead atoms. The summed E-state index contributed by atoms with van der Waals surface area (Å²) in [6.07, 6.45) is 0. The summed E-state index contributed by atoms with van der Waals surface area (Å²) in [5.41, 5.74) is 0. The van der Waals surface area contributed by atoms with Crippen molar-refractivity contribution in [2.24, 2.45) is 0 Å². The van der Waals surface area contributed by atoms with Gasteiger partial charge in [0.15, 0.2) is 5.75 Å². The summed E-state index contributed by atoms with van der Waals surface area (Å²) in [4.78, 5) is 0. The maximum Gasteiger partial charge on any atom is 0.229 e.